The number of hydrogen-bond donors (Lipinski definition) is 1. The second-order valence-corrected chi connectivity index (χ2v) is 5.87. The van der Waals surface area contributed by atoms with E-state index in [0.717, 1.165) is 5.56 Å². The van der Waals surface area contributed by atoms with Gasteiger partial charge in [-0.2, -0.15) is 5.26 Å². The van der Waals surface area contributed by atoms with Crippen LogP contribution in [0.2, 0.25) is 5.02 Å². The molecule has 0 fully saturated rings. The van der Waals surface area contributed by atoms with Crippen molar-refractivity contribution in [2.75, 3.05) is 0 Å². The minimum absolute atomic E-state index is 0.329. The Bertz CT molecular complexity index is 812. The van der Waals surface area contributed by atoms with Crippen LogP contribution in [0.1, 0.15) is 11.1 Å². The van der Waals surface area contributed by atoms with E-state index in [9.17, 15) is 4.79 Å². The zero-order valence-corrected chi connectivity index (χ0v) is 14.1. The molecule has 0 saturated carbocycles. The summed E-state index contributed by atoms with van der Waals surface area (Å²) in [4.78, 5) is 10.8. The second-order valence-electron chi connectivity index (χ2n) is 4.58. The van der Waals surface area contributed by atoms with Crippen LogP contribution in [0.25, 0.3) is 6.08 Å². The molecule has 2 aromatic rings. The van der Waals surface area contributed by atoms with Crippen molar-refractivity contribution >= 4 is 39.6 Å². The number of nitriles is 1. The Labute approximate surface area is 146 Å². The fourth-order valence-electron chi connectivity index (χ4n) is 1.82. The summed E-state index contributed by atoms with van der Waals surface area (Å²) in [5, 5.41) is 18.3. The van der Waals surface area contributed by atoms with Crippen LogP contribution >= 0.6 is 27.5 Å². The first-order valence-corrected chi connectivity index (χ1v) is 7.68. The van der Waals surface area contributed by atoms with Crippen molar-refractivity contribution in [3.05, 3.63) is 68.7 Å². The van der Waals surface area contributed by atoms with Crippen LogP contribution in [-0.4, -0.2) is 11.1 Å². The molecule has 1 N–H and O–H groups in total. The van der Waals surface area contributed by atoms with E-state index in [4.69, 9.17) is 26.7 Å². The van der Waals surface area contributed by atoms with Gasteiger partial charge in [0.1, 0.15) is 24.0 Å². The normalized spacial score (nSPS) is 10.9. The fraction of sp³-hybridized carbons (Fsp3) is 0.0588. The molecular weight excluding hydrogens is 382 g/mol. The Morgan fingerprint density at radius 1 is 1.35 bits per heavy atom. The van der Waals surface area contributed by atoms with Gasteiger partial charge in [-0.3, -0.25) is 0 Å². The summed E-state index contributed by atoms with van der Waals surface area (Å²) in [5.41, 5.74) is 1.20. The molecule has 0 atom stereocenters. The predicted octanol–water partition coefficient (Wildman–Crippen LogP) is 4.67. The first-order valence-electron chi connectivity index (χ1n) is 6.51. The minimum Gasteiger partial charge on any atom is -0.488 e. The smallest absolute Gasteiger partial charge is 0.346 e. The number of halogens is 2. The molecule has 0 aliphatic carbocycles. The molecule has 6 heteroatoms. The highest BCUT2D eigenvalue weighted by Crippen LogP contribution is 2.28. The summed E-state index contributed by atoms with van der Waals surface area (Å²) in [7, 11) is 0. The SMILES string of the molecule is N#CC(=Cc1ccc(OCc2cccc(Cl)c2)c(Br)c1)C(=O)O. The Kier molecular flexibility index (Phi) is 5.80. The molecule has 0 heterocycles. The number of aliphatic carboxylic acids is 1. The van der Waals surface area contributed by atoms with Gasteiger partial charge in [-0.1, -0.05) is 29.8 Å². The zero-order chi connectivity index (χ0) is 16.8. The molecule has 0 spiro atoms. The lowest BCUT2D eigenvalue weighted by molar-refractivity contribution is -0.132. The van der Waals surface area contributed by atoms with Crippen molar-refractivity contribution in [3.63, 3.8) is 0 Å². The summed E-state index contributed by atoms with van der Waals surface area (Å²) in [6.45, 7) is 0.354. The van der Waals surface area contributed by atoms with Crippen molar-refractivity contribution in [1.29, 1.82) is 5.26 Å². The van der Waals surface area contributed by atoms with Crippen LogP contribution in [0.3, 0.4) is 0 Å². The van der Waals surface area contributed by atoms with Crippen molar-refractivity contribution < 1.29 is 14.6 Å². The third-order valence-electron chi connectivity index (χ3n) is 2.90. The number of benzene rings is 2. The molecule has 116 valence electrons. The van der Waals surface area contributed by atoms with Crippen molar-refractivity contribution in [3.8, 4) is 11.8 Å². The molecular formula is C17H11BrClNO3. The van der Waals surface area contributed by atoms with E-state index in [2.05, 4.69) is 15.9 Å². The molecule has 0 unspecified atom stereocenters. The van der Waals surface area contributed by atoms with E-state index in [1.54, 1.807) is 30.3 Å². The lowest BCUT2D eigenvalue weighted by atomic mass is 10.1. The molecule has 0 amide bonds. The Morgan fingerprint density at radius 2 is 2.13 bits per heavy atom. The molecule has 0 aliphatic heterocycles. The average molecular weight is 393 g/mol. The maximum atomic E-state index is 10.8. The summed E-state index contributed by atoms with van der Waals surface area (Å²) in [5.74, 6) is -0.652. The topological polar surface area (TPSA) is 70.3 Å². The van der Waals surface area contributed by atoms with Gasteiger partial charge in [0.2, 0.25) is 0 Å². The molecule has 0 radical (unpaired) electrons. The number of carbonyl (C=O) groups is 1. The van der Waals surface area contributed by atoms with E-state index in [1.807, 2.05) is 18.2 Å². The largest absolute Gasteiger partial charge is 0.488 e. The fourth-order valence-corrected chi connectivity index (χ4v) is 2.54. The molecule has 0 bridgehead atoms. The summed E-state index contributed by atoms with van der Waals surface area (Å²) in [6, 6.07) is 14.1. The van der Waals surface area contributed by atoms with Crippen molar-refractivity contribution in [2.45, 2.75) is 6.61 Å². The summed E-state index contributed by atoms with van der Waals surface area (Å²) in [6.07, 6.45) is 1.30. The number of rotatable bonds is 5. The van der Waals surface area contributed by atoms with Crippen LogP contribution in [0.4, 0.5) is 0 Å². The monoisotopic (exact) mass is 391 g/mol. The lowest BCUT2D eigenvalue weighted by Gasteiger charge is -2.09. The molecule has 2 aromatic carbocycles. The van der Waals surface area contributed by atoms with Gasteiger partial charge >= 0.3 is 5.97 Å². The maximum absolute atomic E-state index is 10.8. The molecule has 0 aromatic heterocycles. The van der Waals surface area contributed by atoms with Crippen LogP contribution in [0.15, 0.2) is 52.5 Å². The van der Waals surface area contributed by atoms with E-state index in [-0.39, 0.29) is 5.57 Å². The third kappa shape index (κ3) is 4.85. The van der Waals surface area contributed by atoms with Gasteiger partial charge in [-0.05, 0) is 57.4 Å². The van der Waals surface area contributed by atoms with E-state index in [0.29, 0.717) is 27.4 Å². The van der Waals surface area contributed by atoms with Gasteiger partial charge in [-0.15, -0.1) is 0 Å². The number of carboxylic acids is 1. The van der Waals surface area contributed by atoms with Gasteiger partial charge < -0.3 is 9.84 Å². The highest BCUT2D eigenvalue weighted by molar-refractivity contribution is 9.10. The zero-order valence-electron chi connectivity index (χ0n) is 11.8. The molecule has 4 nitrogen and oxygen atoms in total. The minimum atomic E-state index is -1.26. The highest BCUT2D eigenvalue weighted by Gasteiger charge is 2.08. The van der Waals surface area contributed by atoms with Gasteiger partial charge in [-0.25, -0.2) is 4.79 Å². The number of carboxylic acid groups (broad SMARTS) is 1. The first-order chi connectivity index (χ1) is 11.0. The first kappa shape index (κ1) is 17.1. The second kappa shape index (κ2) is 7.82. The van der Waals surface area contributed by atoms with Crippen molar-refractivity contribution in [2.24, 2.45) is 0 Å². The summed E-state index contributed by atoms with van der Waals surface area (Å²) < 4.78 is 6.37. The number of hydrogen-bond acceptors (Lipinski definition) is 3. The van der Waals surface area contributed by atoms with Crippen LogP contribution in [0.5, 0.6) is 5.75 Å². The molecule has 0 saturated heterocycles. The van der Waals surface area contributed by atoms with Gasteiger partial charge in [0.15, 0.2) is 0 Å². The maximum Gasteiger partial charge on any atom is 0.346 e. The van der Waals surface area contributed by atoms with Crippen LogP contribution in [0, 0.1) is 11.3 Å². The Hall–Kier alpha value is -2.29. The van der Waals surface area contributed by atoms with E-state index in [1.165, 1.54) is 6.08 Å². The lowest BCUT2D eigenvalue weighted by Crippen LogP contribution is -1.98. The highest BCUT2D eigenvalue weighted by atomic mass is 79.9. The third-order valence-corrected chi connectivity index (χ3v) is 3.76. The molecule has 0 aliphatic rings. The van der Waals surface area contributed by atoms with Gasteiger partial charge in [0.25, 0.3) is 0 Å². The molecule has 23 heavy (non-hydrogen) atoms. The standard InChI is InChI=1S/C17H11BrClNO3/c18-15-8-11(6-13(9-20)17(21)22)4-5-16(15)23-10-12-2-1-3-14(19)7-12/h1-8H,10H2,(H,21,22). The van der Waals surface area contributed by atoms with Crippen molar-refractivity contribution in [1.82, 2.24) is 0 Å². The van der Waals surface area contributed by atoms with E-state index >= 15 is 0 Å². The van der Waals surface area contributed by atoms with Gasteiger partial charge in [0.05, 0.1) is 4.47 Å². The summed E-state index contributed by atoms with van der Waals surface area (Å²) >= 11 is 9.29. The average Bonchev–Trinajstić information content (AvgIpc) is 2.51. The molecule has 2 rings (SSSR count). The van der Waals surface area contributed by atoms with Gasteiger partial charge in [0, 0.05) is 5.02 Å². The van der Waals surface area contributed by atoms with E-state index < -0.39 is 5.97 Å². The Balaban J connectivity index is 2.14. The predicted molar refractivity (Wildman–Crippen MR) is 91.2 cm³/mol. The van der Waals surface area contributed by atoms with Crippen LogP contribution < -0.4 is 4.74 Å². The quantitative estimate of drug-likeness (QED) is 0.593. The number of nitrogens with zero attached hydrogens (tertiary/aromatic N) is 1. The van der Waals surface area contributed by atoms with Crippen LogP contribution in [-0.2, 0) is 11.4 Å². The Morgan fingerprint density at radius 3 is 2.74 bits per heavy atom. The number of ether oxygens (including phenoxy) is 1.